The SMILES string of the molecule is CC(Oc1ccccc1CCN)C(=O)N1CCCCCC1. The Morgan fingerprint density at radius 3 is 2.57 bits per heavy atom. The topological polar surface area (TPSA) is 55.6 Å². The quantitative estimate of drug-likeness (QED) is 0.905. The minimum Gasteiger partial charge on any atom is -0.481 e. The second-order valence-corrected chi connectivity index (χ2v) is 5.65. The summed E-state index contributed by atoms with van der Waals surface area (Å²) in [6.07, 6.45) is 4.96. The number of rotatable bonds is 5. The van der Waals surface area contributed by atoms with Crippen LogP contribution in [0.4, 0.5) is 0 Å². The Balaban J connectivity index is 1.99. The smallest absolute Gasteiger partial charge is 0.263 e. The second-order valence-electron chi connectivity index (χ2n) is 5.65. The molecule has 1 saturated heterocycles. The molecule has 1 aromatic carbocycles. The summed E-state index contributed by atoms with van der Waals surface area (Å²) >= 11 is 0. The van der Waals surface area contributed by atoms with Crippen molar-refractivity contribution in [1.29, 1.82) is 0 Å². The Bertz CT molecular complexity index is 454. The van der Waals surface area contributed by atoms with Crippen LogP contribution in [0.3, 0.4) is 0 Å². The summed E-state index contributed by atoms with van der Waals surface area (Å²) in [6.45, 7) is 4.13. The summed E-state index contributed by atoms with van der Waals surface area (Å²) in [7, 11) is 0. The van der Waals surface area contributed by atoms with Crippen molar-refractivity contribution in [3.63, 3.8) is 0 Å². The number of nitrogens with zero attached hydrogens (tertiary/aromatic N) is 1. The van der Waals surface area contributed by atoms with Crippen LogP contribution in [-0.4, -0.2) is 36.5 Å². The zero-order valence-corrected chi connectivity index (χ0v) is 12.9. The number of carbonyl (C=O) groups is 1. The summed E-state index contributed by atoms with van der Waals surface area (Å²) in [5.74, 6) is 0.873. The van der Waals surface area contributed by atoms with Crippen molar-refractivity contribution >= 4 is 5.91 Å². The molecule has 0 aromatic heterocycles. The van der Waals surface area contributed by atoms with Crippen molar-refractivity contribution in [2.45, 2.75) is 45.1 Å². The molecule has 1 aliphatic rings. The maximum Gasteiger partial charge on any atom is 0.263 e. The van der Waals surface area contributed by atoms with Gasteiger partial charge < -0.3 is 15.4 Å². The standard InChI is InChI=1S/C17H26N2O2/c1-14(17(20)19-12-6-2-3-7-13-19)21-16-9-5-4-8-15(16)10-11-18/h4-5,8-9,14H,2-3,6-7,10-13,18H2,1H3. The molecule has 116 valence electrons. The zero-order chi connectivity index (χ0) is 15.1. The van der Waals surface area contributed by atoms with E-state index in [4.69, 9.17) is 10.5 Å². The van der Waals surface area contributed by atoms with Gasteiger partial charge in [0.05, 0.1) is 0 Å². The summed E-state index contributed by atoms with van der Waals surface area (Å²) in [6, 6.07) is 7.82. The van der Waals surface area contributed by atoms with Gasteiger partial charge in [-0.1, -0.05) is 31.0 Å². The normalized spacial score (nSPS) is 17.1. The van der Waals surface area contributed by atoms with Crippen LogP contribution in [-0.2, 0) is 11.2 Å². The van der Waals surface area contributed by atoms with Crippen LogP contribution in [0.5, 0.6) is 5.75 Å². The fraction of sp³-hybridized carbons (Fsp3) is 0.588. The van der Waals surface area contributed by atoms with E-state index in [0.717, 1.165) is 43.7 Å². The molecule has 4 nitrogen and oxygen atoms in total. The van der Waals surface area contributed by atoms with Gasteiger partial charge in [0.15, 0.2) is 6.10 Å². The van der Waals surface area contributed by atoms with Gasteiger partial charge in [-0.05, 0) is 44.4 Å². The summed E-state index contributed by atoms with van der Waals surface area (Å²) in [5.41, 5.74) is 6.69. The molecule has 2 N–H and O–H groups in total. The lowest BCUT2D eigenvalue weighted by atomic mass is 10.1. The molecular formula is C17H26N2O2. The van der Waals surface area contributed by atoms with Gasteiger partial charge in [0.1, 0.15) is 5.75 Å². The minimum absolute atomic E-state index is 0.0967. The number of likely N-dealkylation sites (tertiary alicyclic amines) is 1. The summed E-state index contributed by atoms with van der Waals surface area (Å²) in [4.78, 5) is 14.4. The molecule has 0 radical (unpaired) electrons. The summed E-state index contributed by atoms with van der Waals surface area (Å²) in [5, 5.41) is 0. The Kier molecular flexibility index (Phi) is 6.05. The molecule has 0 saturated carbocycles. The third kappa shape index (κ3) is 4.46. The number of carbonyl (C=O) groups excluding carboxylic acids is 1. The van der Waals surface area contributed by atoms with Crippen LogP contribution >= 0.6 is 0 Å². The van der Waals surface area contributed by atoms with Gasteiger partial charge in [-0.3, -0.25) is 4.79 Å². The van der Waals surface area contributed by atoms with E-state index in [9.17, 15) is 4.79 Å². The number of hydrogen-bond donors (Lipinski definition) is 1. The van der Waals surface area contributed by atoms with Crippen LogP contribution in [0.25, 0.3) is 0 Å². The molecule has 1 aromatic rings. The highest BCUT2D eigenvalue weighted by atomic mass is 16.5. The number of benzene rings is 1. The molecular weight excluding hydrogens is 264 g/mol. The van der Waals surface area contributed by atoms with Crippen molar-refractivity contribution < 1.29 is 9.53 Å². The average molecular weight is 290 g/mol. The highest BCUT2D eigenvalue weighted by molar-refractivity contribution is 5.81. The highest BCUT2D eigenvalue weighted by Crippen LogP contribution is 2.20. The van der Waals surface area contributed by atoms with Gasteiger partial charge >= 0.3 is 0 Å². The molecule has 1 aliphatic heterocycles. The van der Waals surface area contributed by atoms with Crippen LogP contribution < -0.4 is 10.5 Å². The van der Waals surface area contributed by atoms with Crippen LogP contribution in [0.15, 0.2) is 24.3 Å². The van der Waals surface area contributed by atoms with Crippen molar-refractivity contribution in [2.24, 2.45) is 5.73 Å². The lowest BCUT2D eigenvalue weighted by Gasteiger charge is -2.25. The average Bonchev–Trinajstić information content (AvgIpc) is 2.78. The number of amides is 1. The van der Waals surface area contributed by atoms with Gasteiger partial charge in [0.2, 0.25) is 0 Å². The first-order chi connectivity index (χ1) is 10.2. The fourth-order valence-electron chi connectivity index (χ4n) is 2.77. The predicted molar refractivity (Wildman–Crippen MR) is 84.3 cm³/mol. The Hall–Kier alpha value is -1.55. The lowest BCUT2D eigenvalue weighted by molar-refractivity contribution is -0.137. The van der Waals surface area contributed by atoms with Crippen LogP contribution in [0.2, 0.25) is 0 Å². The van der Waals surface area contributed by atoms with E-state index in [2.05, 4.69) is 0 Å². The van der Waals surface area contributed by atoms with E-state index in [0.29, 0.717) is 6.54 Å². The minimum atomic E-state index is -0.443. The summed E-state index contributed by atoms with van der Waals surface area (Å²) < 4.78 is 5.91. The highest BCUT2D eigenvalue weighted by Gasteiger charge is 2.23. The first-order valence-electron chi connectivity index (χ1n) is 7.96. The molecule has 0 aliphatic carbocycles. The Morgan fingerprint density at radius 1 is 1.24 bits per heavy atom. The molecule has 0 spiro atoms. The molecule has 1 heterocycles. The van der Waals surface area contributed by atoms with Gasteiger partial charge in [0.25, 0.3) is 5.91 Å². The largest absolute Gasteiger partial charge is 0.481 e. The van der Waals surface area contributed by atoms with E-state index in [1.165, 1.54) is 12.8 Å². The van der Waals surface area contributed by atoms with Crippen LogP contribution in [0, 0.1) is 0 Å². The maximum absolute atomic E-state index is 12.5. The predicted octanol–water partition coefficient (Wildman–Crippen LogP) is 2.36. The molecule has 0 bridgehead atoms. The van der Waals surface area contributed by atoms with Gasteiger partial charge in [-0.25, -0.2) is 0 Å². The molecule has 1 unspecified atom stereocenters. The van der Waals surface area contributed by atoms with Crippen LogP contribution in [0.1, 0.15) is 38.2 Å². The lowest BCUT2D eigenvalue weighted by Crippen LogP contribution is -2.41. The Morgan fingerprint density at radius 2 is 1.90 bits per heavy atom. The zero-order valence-electron chi connectivity index (χ0n) is 12.9. The van der Waals surface area contributed by atoms with E-state index >= 15 is 0 Å². The maximum atomic E-state index is 12.5. The van der Waals surface area contributed by atoms with Crippen molar-refractivity contribution in [2.75, 3.05) is 19.6 Å². The van der Waals surface area contributed by atoms with Crippen molar-refractivity contribution in [3.05, 3.63) is 29.8 Å². The first-order valence-corrected chi connectivity index (χ1v) is 7.96. The van der Waals surface area contributed by atoms with E-state index < -0.39 is 6.10 Å². The molecule has 2 rings (SSSR count). The molecule has 21 heavy (non-hydrogen) atoms. The van der Waals surface area contributed by atoms with E-state index in [1.807, 2.05) is 36.1 Å². The third-order valence-corrected chi connectivity index (χ3v) is 3.96. The molecule has 4 heteroatoms. The van der Waals surface area contributed by atoms with Gasteiger partial charge in [-0.2, -0.15) is 0 Å². The number of hydrogen-bond acceptors (Lipinski definition) is 3. The number of nitrogens with two attached hydrogens (primary N) is 1. The van der Waals surface area contributed by atoms with Crippen molar-refractivity contribution in [1.82, 2.24) is 4.90 Å². The third-order valence-electron chi connectivity index (χ3n) is 3.96. The monoisotopic (exact) mass is 290 g/mol. The second kappa shape index (κ2) is 8.03. The van der Waals surface area contributed by atoms with E-state index in [-0.39, 0.29) is 5.91 Å². The molecule has 1 fully saturated rings. The number of para-hydroxylation sites is 1. The van der Waals surface area contributed by atoms with E-state index in [1.54, 1.807) is 0 Å². The van der Waals surface area contributed by atoms with Gasteiger partial charge in [-0.15, -0.1) is 0 Å². The molecule has 1 amide bonds. The first kappa shape index (κ1) is 15.8. The van der Waals surface area contributed by atoms with Gasteiger partial charge in [0, 0.05) is 13.1 Å². The number of ether oxygens (including phenoxy) is 1. The Labute approximate surface area is 127 Å². The van der Waals surface area contributed by atoms with Crippen molar-refractivity contribution in [3.8, 4) is 5.75 Å². The molecule has 1 atom stereocenters. The fourth-order valence-corrected chi connectivity index (χ4v) is 2.77.